The lowest BCUT2D eigenvalue weighted by atomic mass is 9.79. The van der Waals surface area contributed by atoms with E-state index in [4.69, 9.17) is 4.74 Å². The Morgan fingerprint density at radius 1 is 1.36 bits per heavy atom. The van der Waals surface area contributed by atoms with E-state index in [1.54, 1.807) is 0 Å². The zero-order chi connectivity index (χ0) is 15.9. The van der Waals surface area contributed by atoms with Gasteiger partial charge in [-0.05, 0) is 90.5 Å². The first kappa shape index (κ1) is 17.0. The minimum absolute atomic E-state index is 0.239. The molecule has 1 aromatic carbocycles. The topological polar surface area (TPSA) is 29.5 Å². The highest BCUT2D eigenvalue weighted by Crippen LogP contribution is 2.39. The lowest BCUT2D eigenvalue weighted by Crippen LogP contribution is -2.51. The number of fused-ring (bicyclic) bond motifs is 1. The van der Waals surface area contributed by atoms with Crippen LogP contribution in [0.15, 0.2) is 12.1 Å². The van der Waals surface area contributed by atoms with Gasteiger partial charge in [-0.2, -0.15) is 0 Å². The molecule has 2 aliphatic heterocycles. The lowest BCUT2D eigenvalue weighted by molar-refractivity contribution is 0.0401. The van der Waals surface area contributed by atoms with Crippen LogP contribution < -0.4 is 4.74 Å². The fourth-order valence-corrected chi connectivity index (χ4v) is 5.46. The third kappa shape index (κ3) is 3.17. The second-order valence-corrected chi connectivity index (χ2v) is 9.17. The average Bonchev–Trinajstić information content (AvgIpc) is 2.46. The van der Waals surface area contributed by atoms with Gasteiger partial charge >= 0.3 is 0 Å². The molecule has 0 aliphatic carbocycles. The summed E-state index contributed by atoms with van der Waals surface area (Å²) in [6.07, 6.45) is 3.78. The molecule has 0 amide bonds. The Morgan fingerprint density at radius 2 is 2.14 bits per heavy atom. The highest BCUT2D eigenvalue weighted by atomic mass is 127. The van der Waals surface area contributed by atoms with Gasteiger partial charge in [-0.1, -0.05) is 6.42 Å². The summed E-state index contributed by atoms with van der Waals surface area (Å²) in [7, 11) is 0. The van der Waals surface area contributed by atoms with Crippen molar-refractivity contribution in [2.75, 3.05) is 19.7 Å². The van der Waals surface area contributed by atoms with Crippen LogP contribution in [0.3, 0.4) is 0 Å². The molecule has 22 heavy (non-hydrogen) atoms. The second kappa shape index (κ2) is 6.55. The van der Waals surface area contributed by atoms with Crippen molar-refractivity contribution in [2.24, 2.45) is 5.41 Å². The molecule has 2 aliphatic rings. The highest BCUT2D eigenvalue weighted by molar-refractivity contribution is 14.1. The molecule has 0 unspecified atom stereocenters. The SMILES string of the molecule is C[C@H]1CCCCN1C[C@@]1(C)COc2c(I)cc(I)cc2C1=O. The van der Waals surface area contributed by atoms with E-state index in [0.717, 1.165) is 31.5 Å². The number of benzene rings is 1. The van der Waals surface area contributed by atoms with Gasteiger partial charge in [-0.3, -0.25) is 9.69 Å². The molecular formula is C17H21I2NO2. The molecule has 0 bridgehead atoms. The van der Waals surface area contributed by atoms with Crippen LogP contribution in [-0.2, 0) is 0 Å². The molecular weight excluding hydrogens is 504 g/mol. The first-order valence-electron chi connectivity index (χ1n) is 7.81. The maximum Gasteiger partial charge on any atom is 0.177 e. The number of ketones is 1. The molecule has 2 atom stereocenters. The Balaban J connectivity index is 1.87. The standard InChI is InChI=1S/C17H21I2NO2/c1-11-5-3-4-6-20(11)9-17(2)10-22-15-13(16(17)21)7-12(18)8-14(15)19/h7-8,11H,3-6,9-10H2,1-2H3/t11-,17-/m0/s1. The summed E-state index contributed by atoms with van der Waals surface area (Å²) in [5.74, 6) is 1.01. The number of Topliss-reactive ketones (excluding diaryl/α,β-unsaturated/α-hetero) is 1. The highest BCUT2D eigenvalue weighted by Gasteiger charge is 2.43. The van der Waals surface area contributed by atoms with Crippen LogP contribution in [0.25, 0.3) is 0 Å². The van der Waals surface area contributed by atoms with Crippen molar-refractivity contribution in [3.63, 3.8) is 0 Å². The van der Waals surface area contributed by atoms with Crippen molar-refractivity contribution < 1.29 is 9.53 Å². The summed E-state index contributed by atoms with van der Waals surface area (Å²) in [6, 6.07) is 4.59. The number of carbonyl (C=O) groups excluding carboxylic acids is 1. The fraction of sp³-hybridized carbons (Fsp3) is 0.588. The van der Waals surface area contributed by atoms with Crippen molar-refractivity contribution in [3.05, 3.63) is 24.8 Å². The predicted octanol–water partition coefficient (Wildman–Crippen LogP) is 4.35. The second-order valence-electron chi connectivity index (χ2n) is 6.76. The number of halogens is 2. The monoisotopic (exact) mass is 525 g/mol. The average molecular weight is 525 g/mol. The van der Waals surface area contributed by atoms with Gasteiger partial charge in [0, 0.05) is 16.2 Å². The summed E-state index contributed by atoms with van der Waals surface area (Å²) in [4.78, 5) is 15.6. The third-order valence-electron chi connectivity index (χ3n) is 4.83. The number of carbonyl (C=O) groups is 1. The molecule has 1 fully saturated rings. The number of nitrogens with zero attached hydrogens (tertiary/aromatic N) is 1. The molecule has 2 heterocycles. The smallest absolute Gasteiger partial charge is 0.177 e. The van der Waals surface area contributed by atoms with E-state index < -0.39 is 5.41 Å². The van der Waals surface area contributed by atoms with E-state index in [-0.39, 0.29) is 5.78 Å². The number of hydrogen-bond donors (Lipinski definition) is 0. The van der Waals surface area contributed by atoms with Crippen LogP contribution in [0, 0.1) is 12.6 Å². The first-order chi connectivity index (χ1) is 10.4. The molecule has 3 rings (SSSR count). The molecule has 0 aromatic heterocycles. The van der Waals surface area contributed by atoms with E-state index in [9.17, 15) is 4.79 Å². The largest absolute Gasteiger partial charge is 0.491 e. The Labute approximate surface area is 159 Å². The quantitative estimate of drug-likeness (QED) is 0.539. The van der Waals surface area contributed by atoms with Crippen LogP contribution in [0.2, 0.25) is 0 Å². The molecule has 0 N–H and O–H groups in total. The van der Waals surface area contributed by atoms with Crippen LogP contribution >= 0.6 is 45.2 Å². The van der Waals surface area contributed by atoms with Crippen LogP contribution in [0.4, 0.5) is 0 Å². The summed E-state index contributed by atoms with van der Waals surface area (Å²) in [5, 5.41) is 0. The van der Waals surface area contributed by atoms with Crippen LogP contribution in [-0.4, -0.2) is 36.4 Å². The van der Waals surface area contributed by atoms with E-state index in [0.29, 0.717) is 12.6 Å². The summed E-state index contributed by atoms with van der Waals surface area (Å²) in [6.45, 7) is 6.72. The zero-order valence-corrected chi connectivity index (χ0v) is 17.3. The number of hydrogen-bond acceptors (Lipinski definition) is 3. The van der Waals surface area contributed by atoms with Gasteiger partial charge in [0.15, 0.2) is 5.78 Å². The molecule has 120 valence electrons. The lowest BCUT2D eigenvalue weighted by Gasteiger charge is -2.41. The van der Waals surface area contributed by atoms with Gasteiger partial charge in [-0.25, -0.2) is 0 Å². The van der Waals surface area contributed by atoms with Crippen molar-refractivity contribution >= 4 is 51.0 Å². The molecule has 3 nitrogen and oxygen atoms in total. The Hall–Kier alpha value is 0.110. The van der Waals surface area contributed by atoms with Gasteiger partial charge in [0.05, 0.1) is 14.5 Å². The van der Waals surface area contributed by atoms with Crippen molar-refractivity contribution in [1.29, 1.82) is 0 Å². The Kier molecular flexibility index (Phi) is 5.04. The van der Waals surface area contributed by atoms with Gasteiger partial charge in [0.25, 0.3) is 0 Å². The zero-order valence-electron chi connectivity index (χ0n) is 13.0. The normalized spacial score (nSPS) is 29.1. The fourth-order valence-electron chi connectivity index (χ4n) is 3.46. The first-order valence-corrected chi connectivity index (χ1v) is 9.97. The summed E-state index contributed by atoms with van der Waals surface area (Å²) in [5.41, 5.74) is 0.321. The van der Waals surface area contributed by atoms with Crippen molar-refractivity contribution in [3.8, 4) is 5.75 Å². The Morgan fingerprint density at radius 3 is 2.86 bits per heavy atom. The van der Waals surface area contributed by atoms with Crippen LogP contribution in [0.1, 0.15) is 43.5 Å². The molecule has 0 radical (unpaired) electrons. The summed E-state index contributed by atoms with van der Waals surface area (Å²) < 4.78 is 8.13. The Bertz CT molecular complexity index is 605. The molecule has 0 spiro atoms. The number of rotatable bonds is 2. The third-order valence-corrected chi connectivity index (χ3v) is 6.25. The van der Waals surface area contributed by atoms with Crippen molar-refractivity contribution in [2.45, 2.75) is 39.2 Å². The minimum Gasteiger partial charge on any atom is -0.491 e. The van der Waals surface area contributed by atoms with Crippen molar-refractivity contribution in [1.82, 2.24) is 4.90 Å². The van der Waals surface area contributed by atoms with Gasteiger partial charge < -0.3 is 4.74 Å². The minimum atomic E-state index is -0.438. The maximum atomic E-state index is 13.1. The molecule has 5 heteroatoms. The maximum absolute atomic E-state index is 13.1. The number of piperidine rings is 1. The van der Waals surface area contributed by atoms with Gasteiger partial charge in [-0.15, -0.1) is 0 Å². The van der Waals surface area contributed by atoms with Crippen LogP contribution in [0.5, 0.6) is 5.75 Å². The number of ether oxygens (including phenoxy) is 1. The molecule has 0 saturated carbocycles. The van der Waals surface area contributed by atoms with E-state index in [1.807, 2.05) is 6.07 Å². The predicted molar refractivity (Wildman–Crippen MR) is 105 cm³/mol. The molecule has 1 saturated heterocycles. The van der Waals surface area contributed by atoms with Gasteiger partial charge in [0.2, 0.25) is 0 Å². The molecule has 1 aromatic rings. The van der Waals surface area contributed by atoms with Gasteiger partial charge in [0.1, 0.15) is 12.4 Å². The van der Waals surface area contributed by atoms with E-state index in [1.165, 1.54) is 19.3 Å². The number of likely N-dealkylation sites (tertiary alicyclic amines) is 1. The van der Waals surface area contributed by atoms with E-state index in [2.05, 4.69) is 70.0 Å². The van der Waals surface area contributed by atoms with E-state index >= 15 is 0 Å². The summed E-state index contributed by atoms with van der Waals surface area (Å²) >= 11 is 4.53.